The number of benzene rings is 2. The quantitative estimate of drug-likeness (QED) is 0.412. The van der Waals surface area contributed by atoms with Crippen LogP contribution in [0.15, 0.2) is 79.1 Å². The van der Waals surface area contributed by atoms with Crippen molar-refractivity contribution in [2.45, 2.75) is 5.92 Å². The molecule has 3 nitrogen and oxygen atoms in total. The molecule has 3 heteroatoms. The lowest BCUT2D eigenvalue weighted by Gasteiger charge is -2.16. The summed E-state index contributed by atoms with van der Waals surface area (Å²) < 4.78 is 0. The Morgan fingerprint density at radius 1 is 0.625 bits per heavy atom. The molecule has 3 heterocycles. The van der Waals surface area contributed by atoms with Crippen molar-refractivity contribution < 1.29 is 0 Å². The van der Waals surface area contributed by atoms with Crippen LogP contribution in [0.4, 0.5) is 0 Å². The van der Waals surface area contributed by atoms with Crippen LogP contribution in [0.25, 0.3) is 21.8 Å². The van der Waals surface area contributed by atoms with Crippen molar-refractivity contribution in [3.05, 3.63) is 96.1 Å². The zero-order chi connectivity index (χ0) is 15.9. The van der Waals surface area contributed by atoms with Gasteiger partial charge in [-0.1, -0.05) is 36.4 Å². The minimum atomic E-state index is 0.145. The Kier molecular flexibility index (Phi) is 2.85. The monoisotopic (exact) mass is 311 g/mol. The number of aromatic amines is 3. The third-order valence-corrected chi connectivity index (χ3v) is 4.75. The van der Waals surface area contributed by atoms with Gasteiger partial charge in [-0.05, 0) is 35.9 Å². The predicted octanol–water partition coefficient (Wildman–Crippen LogP) is 5.16. The molecule has 5 rings (SSSR count). The molecule has 5 aromatic rings. The number of para-hydroxylation sites is 2. The van der Waals surface area contributed by atoms with E-state index in [1.54, 1.807) is 0 Å². The van der Waals surface area contributed by atoms with E-state index < -0.39 is 0 Å². The molecule has 2 aromatic carbocycles. The third-order valence-electron chi connectivity index (χ3n) is 4.75. The zero-order valence-corrected chi connectivity index (χ0v) is 13.1. The van der Waals surface area contributed by atoms with Gasteiger partial charge in [0.1, 0.15) is 0 Å². The van der Waals surface area contributed by atoms with Crippen molar-refractivity contribution >= 4 is 21.8 Å². The standard InChI is InChI=1S/C21H17N3/c1-2-9-17-14(6-1)15-7-3-8-16(21(15)24-17)20(18-10-4-12-22-18)19-11-5-13-23-19/h1-13,20,22-24H. The first kappa shape index (κ1) is 13.3. The third kappa shape index (κ3) is 1.91. The molecule has 116 valence electrons. The van der Waals surface area contributed by atoms with Crippen LogP contribution >= 0.6 is 0 Å². The second-order valence-corrected chi connectivity index (χ2v) is 6.12. The molecule has 0 unspecified atom stereocenters. The number of fused-ring (bicyclic) bond motifs is 3. The molecule has 3 N–H and O–H groups in total. The summed E-state index contributed by atoms with van der Waals surface area (Å²) in [6, 6.07) is 23.4. The molecule has 0 bridgehead atoms. The van der Waals surface area contributed by atoms with Crippen molar-refractivity contribution in [1.29, 1.82) is 0 Å². The van der Waals surface area contributed by atoms with Gasteiger partial charge in [0.05, 0.1) is 11.4 Å². The predicted molar refractivity (Wildman–Crippen MR) is 98.3 cm³/mol. The average molecular weight is 311 g/mol. The largest absolute Gasteiger partial charge is 0.364 e. The summed E-state index contributed by atoms with van der Waals surface area (Å²) in [4.78, 5) is 10.4. The Morgan fingerprint density at radius 3 is 2.04 bits per heavy atom. The van der Waals surface area contributed by atoms with Gasteiger partial charge in [-0.3, -0.25) is 0 Å². The van der Waals surface area contributed by atoms with Crippen LogP contribution in [0.1, 0.15) is 22.9 Å². The molecule has 0 fully saturated rings. The summed E-state index contributed by atoms with van der Waals surface area (Å²) in [5, 5.41) is 2.54. The van der Waals surface area contributed by atoms with E-state index in [2.05, 4.69) is 81.7 Å². The van der Waals surface area contributed by atoms with E-state index in [1.165, 1.54) is 38.8 Å². The van der Waals surface area contributed by atoms with E-state index in [9.17, 15) is 0 Å². The van der Waals surface area contributed by atoms with Gasteiger partial charge in [0, 0.05) is 40.1 Å². The maximum Gasteiger partial charge on any atom is 0.0661 e. The first-order valence-corrected chi connectivity index (χ1v) is 8.18. The van der Waals surface area contributed by atoms with Crippen molar-refractivity contribution in [2.24, 2.45) is 0 Å². The fraction of sp³-hybridized carbons (Fsp3) is 0.0476. The zero-order valence-electron chi connectivity index (χ0n) is 13.1. The molecule has 0 aliphatic carbocycles. The van der Waals surface area contributed by atoms with E-state index in [0.717, 1.165) is 0 Å². The molecule has 0 saturated heterocycles. The van der Waals surface area contributed by atoms with Crippen LogP contribution in [0.2, 0.25) is 0 Å². The topological polar surface area (TPSA) is 47.4 Å². The Bertz CT molecular complexity index is 1060. The van der Waals surface area contributed by atoms with Gasteiger partial charge >= 0.3 is 0 Å². The molecule has 0 aliphatic rings. The molecule has 0 aliphatic heterocycles. The summed E-state index contributed by atoms with van der Waals surface area (Å²) in [6.45, 7) is 0. The molecule has 3 aromatic heterocycles. The maximum absolute atomic E-state index is 3.62. The highest BCUT2D eigenvalue weighted by Crippen LogP contribution is 2.36. The van der Waals surface area contributed by atoms with Crippen molar-refractivity contribution in [2.75, 3.05) is 0 Å². The first-order valence-electron chi connectivity index (χ1n) is 8.18. The van der Waals surface area contributed by atoms with Crippen LogP contribution in [0.3, 0.4) is 0 Å². The number of hydrogen-bond donors (Lipinski definition) is 3. The Morgan fingerprint density at radius 2 is 1.33 bits per heavy atom. The van der Waals surface area contributed by atoms with E-state index in [4.69, 9.17) is 0 Å². The second-order valence-electron chi connectivity index (χ2n) is 6.12. The van der Waals surface area contributed by atoms with Gasteiger partial charge in [-0.25, -0.2) is 0 Å². The van der Waals surface area contributed by atoms with Crippen molar-refractivity contribution in [1.82, 2.24) is 15.0 Å². The first-order chi connectivity index (χ1) is 11.9. The summed E-state index contributed by atoms with van der Waals surface area (Å²) in [5.41, 5.74) is 6.02. The molecule has 0 saturated carbocycles. The van der Waals surface area contributed by atoms with Crippen molar-refractivity contribution in [3.8, 4) is 0 Å². The summed E-state index contributed by atoms with van der Waals surface area (Å²) in [7, 11) is 0. The number of rotatable bonds is 3. The molecule has 0 amide bonds. The molecule has 24 heavy (non-hydrogen) atoms. The molecular formula is C21H17N3. The van der Waals surface area contributed by atoms with E-state index >= 15 is 0 Å². The van der Waals surface area contributed by atoms with Crippen LogP contribution in [0.5, 0.6) is 0 Å². The highest BCUT2D eigenvalue weighted by molar-refractivity contribution is 6.08. The smallest absolute Gasteiger partial charge is 0.0661 e. The normalized spacial score (nSPS) is 11.7. The Labute approximate surface area is 139 Å². The Hall–Kier alpha value is -3.20. The lowest BCUT2D eigenvalue weighted by Crippen LogP contribution is -2.05. The van der Waals surface area contributed by atoms with Gasteiger partial charge in [0.15, 0.2) is 0 Å². The van der Waals surface area contributed by atoms with E-state index in [0.29, 0.717) is 0 Å². The second kappa shape index (κ2) is 5.17. The lowest BCUT2D eigenvalue weighted by molar-refractivity contribution is 0.904. The summed E-state index contributed by atoms with van der Waals surface area (Å²) in [5.74, 6) is 0.145. The van der Waals surface area contributed by atoms with Gasteiger partial charge in [-0.2, -0.15) is 0 Å². The van der Waals surface area contributed by atoms with Crippen LogP contribution in [0, 0.1) is 0 Å². The highest BCUT2D eigenvalue weighted by atomic mass is 14.8. The van der Waals surface area contributed by atoms with E-state index in [-0.39, 0.29) is 5.92 Å². The summed E-state index contributed by atoms with van der Waals surface area (Å²) in [6.07, 6.45) is 3.97. The van der Waals surface area contributed by atoms with Gasteiger partial charge in [-0.15, -0.1) is 0 Å². The number of H-pyrrole nitrogens is 3. The molecular weight excluding hydrogens is 294 g/mol. The van der Waals surface area contributed by atoms with Crippen LogP contribution in [-0.2, 0) is 0 Å². The average Bonchev–Trinajstić information content (AvgIpc) is 3.37. The van der Waals surface area contributed by atoms with Gasteiger partial charge in [0.25, 0.3) is 0 Å². The van der Waals surface area contributed by atoms with Gasteiger partial charge in [0.2, 0.25) is 0 Å². The molecule has 0 atom stereocenters. The maximum atomic E-state index is 3.62. The van der Waals surface area contributed by atoms with Crippen molar-refractivity contribution in [3.63, 3.8) is 0 Å². The highest BCUT2D eigenvalue weighted by Gasteiger charge is 2.21. The minimum Gasteiger partial charge on any atom is -0.364 e. The molecule has 0 spiro atoms. The number of nitrogens with one attached hydrogen (secondary N) is 3. The van der Waals surface area contributed by atoms with Crippen LogP contribution < -0.4 is 0 Å². The fourth-order valence-electron chi connectivity index (χ4n) is 3.69. The number of hydrogen-bond acceptors (Lipinski definition) is 0. The summed E-state index contributed by atoms with van der Waals surface area (Å²) >= 11 is 0. The Balaban J connectivity index is 1.83. The minimum absolute atomic E-state index is 0.145. The van der Waals surface area contributed by atoms with E-state index in [1.807, 2.05) is 12.4 Å². The molecule has 0 radical (unpaired) electrons. The SMILES string of the molecule is c1c[nH]c(C(c2ccc[nH]2)c2cccc3c2[nH]c2ccccc23)c1. The van der Waals surface area contributed by atoms with Crippen LogP contribution in [-0.4, -0.2) is 15.0 Å². The van der Waals surface area contributed by atoms with Gasteiger partial charge < -0.3 is 15.0 Å². The fourth-order valence-corrected chi connectivity index (χ4v) is 3.69. The number of aromatic nitrogens is 3. The lowest BCUT2D eigenvalue weighted by atomic mass is 9.91.